The Morgan fingerprint density at radius 3 is 2.43 bits per heavy atom. The van der Waals surface area contributed by atoms with E-state index in [0.29, 0.717) is 0 Å². The third-order valence-corrected chi connectivity index (χ3v) is 6.77. The summed E-state index contributed by atoms with van der Waals surface area (Å²) >= 11 is 0. The summed E-state index contributed by atoms with van der Waals surface area (Å²) in [5.74, 6) is -0.661. The molecule has 0 spiro atoms. The number of hydrogen-bond donors (Lipinski definition) is 0. The molecule has 1 heterocycles. The summed E-state index contributed by atoms with van der Waals surface area (Å²) in [5, 5.41) is 0. The normalized spacial score (nSPS) is 30.1. The predicted molar refractivity (Wildman–Crippen MR) is 83.7 cm³/mol. The number of hydrogen-bond acceptors (Lipinski definition) is 5. The lowest BCUT2D eigenvalue weighted by Crippen LogP contribution is -2.63. The molecule has 0 aromatic heterocycles. The van der Waals surface area contributed by atoms with E-state index in [1.54, 1.807) is 32.0 Å². The van der Waals surface area contributed by atoms with Gasteiger partial charge in [0.25, 0.3) is 0 Å². The Morgan fingerprint density at radius 1 is 1.13 bits per heavy atom. The molecule has 1 aliphatic carbocycles. The van der Waals surface area contributed by atoms with E-state index in [1.807, 2.05) is 0 Å². The number of sulfone groups is 1. The monoisotopic (exact) mass is 334 g/mol. The number of carbonyl (C=O) groups is 2. The minimum Gasteiger partial charge on any atom is -0.369 e. The van der Waals surface area contributed by atoms with Crippen LogP contribution < -0.4 is 0 Å². The number of benzene rings is 1. The number of Topliss-reactive ketones (excluding diaryl/α,β-unsaturated/α-hetero) is 1. The van der Waals surface area contributed by atoms with Crippen molar-refractivity contribution in [1.82, 2.24) is 0 Å². The van der Waals surface area contributed by atoms with Crippen molar-refractivity contribution in [2.24, 2.45) is 0 Å². The van der Waals surface area contributed by atoms with Crippen molar-refractivity contribution >= 4 is 21.4 Å². The molecule has 6 heteroatoms. The second-order valence-corrected chi connectivity index (χ2v) is 8.73. The first-order chi connectivity index (χ1) is 10.7. The average molecular weight is 334 g/mol. The number of rotatable bonds is 2. The van der Waals surface area contributed by atoms with E-state index in [4.69, 9.17) is 4.74 Å². The first kappa shape index (κ1) is 16.1. The van der Waals surface area contributed by atoms with Crippen molar-refractivity contribution in [2.45, 2.75) is 48.0 Å². The maximum absolute atomic E-state index is 13.2. The molecule has 122 valence electrons. The minimum atomic E-state index is -4.02. The highest BCUT2D eigenvalue weighted by Gasteiger charge is 2.61. The Kier molecular flexibility index (Phi) is 3.57. The van der Waals surface area contributed by atoms with Gasteiger partial charge in [-0.1, -0.05) is 18.2 Å². The zero-order valence-electron chi connectivity index (χ0n) is 13.0. The molecule has 0 radical (unpaired) electrons. The summed E-state index contributed by atoms with van der Waals surface area (Å²) in [6.07, 6.45) is 1.28. The Hall–Kier alpha value is -1.79. The van der Waals surface area contributed by atoms with Crippen LogP contribution in [-0.2, 0) is 24.2 Å². The Bertz CT molecular complexity index is 792. The maximum atomic E-state index is 13.2. The Morgan fingerprint density at radius 2 is 1.78 bits per heavy atom. The van der Waals surface area contributed by atoms with E-state index in [0.717, 1.165) is 0 Å². The van der Waals surface area contributed by atoms with Crippen LogP contribution in [0.3, 0.4) is 0 Å². The molecule has 0 saturated carbocycles. The van der Waals surface area contributed by atoms with Gasteiger partial charge < -0.3 is 4.74 Å². The first-order valence-electron chi connectivity index (χ1n) is 7.42. The number of fused-ring (bicyclic) bond motifs is 1. The zero-order chi connectivity index (χ0) is 16.9. The molecule has 1 aromatic carbocycles. The lowest BCUT2D eigenvalue weighted by Gasteiger charge is -2.47. The number of carbonyl (C=O) groups excluding carboxylic acids is 2. The molecular weight excluding hydrogens is 316 g/mol. The highest BCUT2D eigenvalue weighted by Crippen LogP contribution is 2.44. The van der Waals surface area contributed by atoms with Crippen LogP contribution in [0.2, 0.25) is 0 Å². The molecule has 5 nitrogen and oxygen atoms in total. The largest absolute Gasteiger partial charge is 0.369 e. The molecule has 1 saturated heterocycles. The van der Waals surface area contributed by atoms with Crippen LogP contribution >= 0.6 is 0 Å². The SMILES string of the molecule is CC1(C)CC(=O)[C@]2(S(=O)(=O)c3ccccc3)C=CC(=O)C[C@@H]2O1. The Labute approximate surface area is 135 Å². The first-order valence-corrected chi connectivity index (χ1v) is 8.90. The molecule has 0 amide bonds. The van der Waals surface area contributed by atoms with Crippen LogP contribution in [0.15, 0.2) is 47.4 Å². The lowest BCUT2D eigenvalue weighted by molar-refractivity contribution is -0.156. The zero-order valence-corrected chi connectivity index (χ0v) is 13.8. The van der Waals surface area contributed by atoms with Gasteiger partial charge >= 0.3 is 0 Å². The summed E-state index contributed by atoms with van der Waals surface area (Å²) in [7, 11) is -4.02. The van der Waals surface area contributed by atoms with Crippen molar-refractivity contribution in [3.63, 3.8) is 0 Å². The fraction of sp³-hybridized carbons (Fsp3) is 0.412. The molecule has 1 aliphatic heterocycles. The van der Waals surface area contributed by atoms with Gasteiger partial charge in [0.1, 0.15) is 0 Å². The van der Waals surface area contributed by atoms with E-state index >= 15 is 0 Å². The van der Waals surface area contributed by atoms with Crippen molar-refractivity contribution in [3.05, 3.63) is 42.5 Å². The molecular formula is C17H18O5S. The average Bonchev–Trinajstić information content (AvgIpc) is 2.46. The van der Waals surface area contributed by atoms with E-state index in [9.17, 15) is 18.0 Å². The van der Waals surface area contributed by atoms with Gasteiger partial charge in [0, 0.05) is 12.8 Å². The summed E-state index contributed by atoms with van der Waals surface area (Å²) in [5.41, 5.74) is -0.789. The molecule has 2 aliphatic rings. The fourth-order valence-electron chi connectivity index (χ4n) is 3.29. The third kappa shape index (κ3) is 2.37. The van der Waals surface area contributed by atoms with Gasteiger partial charge in [0.2, 0.25) is 0 Å². The van der Waals surface area contributed by atoms with Crippen LogP contribution in [0.4, 0.5) is 0 Å². The molecule has 2 atom stereocenters. The van der Waals surface area contributed by atoms with Gasteiger partial charge in [-0.05, 0) is 38.1 Å². The topological polar surface area (TPSA) is 77.5 Å². The number of allylic oxidation sites excluding steroid dienone is 1. The summed E-state index contributed by atoms with van der Waals surface area (Å²) in [6, 6.07) is 7.83. The van der Waals surface area contributed by atoms with E-state index < -0.39 is 32.1 Å². The predicted octanol–water partition coefficient (Wildman–Crippen LogP) is 1.86. The quantitative estimate of drug-likeness (QED) is 0.825. The molecule has 3 rings (SSSR count). The number of ketones is 2. The van der Waals surface area contributed by atoms with Gasteiger partial charge in [-0.2, -0.15) is 0 Å². The smallest absolute Gasteiger partial charge is 0.197 e. The van der Waals surface area contributed by atoms with Gasteiger partial charge in [-0.25, -0.2) is 8.42 Å². The van der Waals surface area contributed by atoms with Gasteiger partial charge in [0.05, 0.1) is 16.6 Å². The van der Waals surface area contributed by atoms with Crippen molar-refractivity contribution in [1.29, 1.82) is 0 Å². The van der Waals surface area contributed by atoms with Gasteiger partial charge in [0.15, 0.2) is 26.2 Å². The Balaban J connectivity index is 2.22. The van der Waals surface area contributed by atoms with Crippen LogP contribution in [-0.4, -0.2) is 36.4 Å². The minimum absolute atomic E-state index is 0.0197. The lowest BCUT2D eigenvalue weighted by atomic mass is 9.80. The second-order valence-electron chi connectivity index (χ2n) is 6.58. The number of ether oxygens (including phenoxy) is 1. The highest BCUT2D eigenvalue weighted by atomic mass is 32.2. The van der Waals surface area contributed by atoms with E-state index in [-0.39, 0.29) is 23.5 Å². The van der Waals surface area contributed by atoms with Crippen molar-refractivity contribution in [3.8, 4) is 0 Å². The van der Waals surface area contributed by atoms with Gasteiger partial charge in [-0.3, -0.25) is 9.59 Å². The van der Waals surface area contributed by atoms with Gasteiger partial charge in [-0.15, -0.1) is 0 Å². The summed E-state index contributed by atoms with van der Waals surface area (Å²) < 4.78 is 30.5. The molecule has 0 N–H and O–H groups in total. The second kappa shape index (κ2) is 5.11. The molecule has 23 heavy (non-hydrogen) atoms. The van der Waals surface area contributed by atoms with Crippen LogP contribution in [0, 0.1) is 0 Å². The standard InChI is InChI=1S/C17H18O5S/c1-16(2)11-14(19)17(9-8-12(18)10-15(17)22-16)23(20,21)13-6-4-3-5-7-13/h3-9,15H,10-11H2,1-2H3/t15-,17+/m0/s1. The summed E-state index contributed by atoms with van der Waals surface area (Å²) in [6.45, 7) is 3.46. The highest BCUT2D eigenvalue weighted by molar-refractivity contribution is 7.94. The maximum Gasteiger partial charge on any atom is 0.197 e. The third-order valence-electron chi connectivity index (χ3n) is 4.36. The van der Waals surface area contributed by atoms with E-state index in [2.05, 4.69) is 0 Å². The fourth-order valence-corrected chi connectivity index (χ4v) is 5.29. The summed E-state index contributed by atoms with van der Waals surface area (Å²) in [4.78, 5) is 24.7. The molecule has 0 bridgehead atoms. The van der Waals surface area contributed by atoms with Crippen LogP contribution in [0.5, 0.6) is 0 Å². The molecule has 1 fully saturated rings. The van der Waals surface area contributed by atoms with Crippen LogP contribution in [0.25, 0.3) is 0 Å². The van der Waals surface area contributed by atoms with Crippen LogP contribution in [0.1, 0.15) is 26.7 Å². The molecule has 0 unspecified atom stereocenters. The van der Waals surface area contributed by atoms with Crippen molar-refractivity contribution < 1.29 is 22.7 Å². The van der Waals surface area contributed by atoms with Crippen molar-refractivity contribution in [2.75, 3.05) is 0 Å². The molecule has 1 aromatic rings. The van der Waals surface area contributed by atoms with E-state index in [1.165, 1.54) is 24.3 Å².